The van der Waals surface area contributed by atoms with Crippen molar-refractivity contribution >= 4 is 11.6 Å². The standard InChI is InChI=1S/C16H18ClFN2O/c17-11-5-6-15(18)14(9-11)16(21)10-12-7-8-20(19-12)13-3-1-2-4-13/h5-9,13,16,21H,1-4,10H2. The van der Waals surface area contributed by atoms with Crippen LogP contribution in [0.25, 0.3) is 0 Å². The van der Waals surface area contributed by atoms with Crippen LogP contribution >= 0.6 is 11.6 Å². The van der Waals surface area contributed by atoms with Gasteiger partial charge in [0, 0.05) is 23.2 Å². The minimum absolute atomic E-state index is 0.220. The Bertz CT molecular complexity index is 622. The largest absolute Gasteiger partial charge is 0.388 e. The van der Waals surface area contributed by atoms with E-state index >= 15 is 0 Å². The number of nitrogens with zero attached hydrogens (tertiary/aromatic N) is 2. The summed E-state index contributed by atoms with van der Waals surface area (Å²) in [6, 6.07) is 6.58. The normalized spacial score (nSPS) is 17.3. The Kier molecular flexibility index (Phi) is 4.27. The summed E-state index contributed by atoms with van der Waals surface area (Å²) < 4.78 is 15.7. The maximum Gasteiger partial charge on any atom is 0.129 e. The highest BCUT2D eigenvalue weighted by Crippen LogP contribution is 2.29. The van der Waals surface area contributed by atoms with Crippen LogP contribution in [0.4, 0.5) is 4.39 Å². The molecule has 0 saturated heterocycles. The molecule has 1 unspecified atom stereocenters. The first kappa shape index (κ1) is 14.5. The van der Waals surface area contributed by atoms with E-state index in [1.165, 1.54) is 31.0 Å². The summed E-state index contributed by atoms with van der Waals surface area (Å²) in [5.41, 5.74) is 0.992. The molecular formula is C16H18ClFN2O. The lowest BCUT2D eigenvalue weighted by atomic mass is 10.0. The number of rotatable bonds is 4. The molecule has 1 aromatic heterocycles. The molecule has 0 spiro atoms. The first-order chi connectivity index (χ1) is 10.1. The lowest BCUT2D eigenvalue weighted by molar-refractivity contribution is 0.172. The highest BCUT2D eigenvalue weighted by molar-refractivity contribution is 6.30. The third-order valence-corrected chi connectivity index (χ3v) is 4.32. The van der Waals surface area contributed by atoms with E-state index in [-0.39, 0.29) is 12.0 Å². The molecule has 21 heavy (non-hydrogen) atoms. The fourth-order valence-corrected chi connectivity index (χ4v) is 3.12. The highest BCUT2D eigenvalue weighted by atomic mass is 35.5. The zero-order chi connectivity index (χ0) is 14.8. The Balaban J connectivity index is 1.72. The average Bonchev–Trinajstić information content (AvgIpc) is 3.11. The smallest absolute Gasteiger partial charge is 0.129 e. The number of hydrogen-bond acceptors (Lipinski definition) is 2. The van der Waals surface area contributed by atoms with Gasteiger partial charge in [-0.05, 0) is 37.1 Å². The van der Waals surface area contributed by atoms with Gasteiger partial charge in [-0.3, -0.25) is 4.68 Å². The molecule has 1 N–H and O–H groups in total. The number of hydrogen-bond donors (Lipinski definition) is 1. The van der Waals surface area contributed by atoms with E-state index in [9.17, 15) is 9.50 Å². The molecule has 5 heteroatoms. The van der Waals surface area contributed by atoms with Crippen molar-refractivity contribution in [2.75, 3.05) is 0 Å². The van der Waals surface area contributed by atoms with Crippen LogP contribution in [0.3, 0.4) is 0 Å². The maximum absolute atomic E-state index is 13.7. The Morgan fingerprint density at radius 1 is 1.33 bits per heavy atom. The van der Waals surface area contributed by atoms with Crippen molar-refractivity contribution in [2.24, 2.45) is 0 Å². The second kappa shape index (κ2) is 6.16. The summed E-state index contributed by atoms with van der Waals surface area (Å²) in [4.78, 5) is 0. The Morgan fingerprint density at radius 2 is 2.10 bits per heavy atom. The molecule has 0 bridgehead atoms. The minimum atomic E-state index is -0.935. The molecule has 0 radical (unpaired) electrons. The first-order valence-electron chi connectivity index (χ1n) is 7.30. The topological polar surface area (TPSA) is 38.0 Å². The monoisotopic (exact) mass is 308 g/mol. The van der Waals surface area contributed by atoms with E-state index in [1.54, 1.807) is 0 Å². The van der Waals surface area contributed by atoms with Gasteiger partial charge in [-0.2, -0.15) is 5.10 Å². The Hall–Kier alpha value is -1.39. The van der Waals surface area contributed by atoms with Crippen molar-refractivity contribution in [1.82, 2.24) is 9.78 Å². The first-order valence-corrected chi connectivity index (χ1v) is 7.68. The lowest BCUT2D eigenvalue weighted by Gasteiger charge is -2.12. The molecule has 0 amide bonds. The van der Waals surface area contributed by atoms with Gasteiger partial charge < -0.3 is 5.11 Å². The van der Waals surface area contributed by atoms with Crippen LogP contribution in [0.1, 0.15) is 49.1 Å². The third-order valence-electron chi connectivity index (χ3n) is 4.08. The fraction of sp³-hybridized carbons (Fsp3) is 0.438. The van der Waals surface area contributed by atoms with Crippen LogP contribution < -0.4 is 0 Å². The van der Waals surface area contributed by atoms with Gasteiger partial charge in [0.15, 0.2) is 0 Å². The molecule has 1 atom stereocenters. The number of aliphatic hydroxyl groups excluding tert-OH is 1. The van der Waals surface area contributed by atoms with Crippen molar-refractivity contribution in [3.8, 4) is 0 Å². The van der Waals surface area contributed by atoms with Crippen LogP contribution in [0, 0.1) is 5.82 Å². The van der Waals surface area contributed by atoms with Crippen molar-refractivity contribution in [3.05, 3.63) is 52.6 Å². The molecule has 1 aliphatic rings. The SMILES string of the molecule is OC(Cc1ccn(C2CCCC2)n1)c1cc(Cl)ccc1F. The van der Waals surface area contributed by atoms with Gasteiger partial charge in [-0.15, -0.1) is 0 Å². The summed E-state index contributed by atoms with van der Waals surface area (Å²) in [6.07, 6.45) is 6.12. The quantitative estimate of drug-likeness (QED) is 0.924. The van der Waals surface area contributed by atoms with E-state index in [0.29, 0.717) is 11.1 Å². The average molecular weight is 309 g/mol. The molecule has 2 aromatic rings. The van der Waals surface area contributed by atoms with Gasteiger partial charge in [-0.25, -0.2) is 4.39 Å². The van der Waals surface area contributed by atoms with Crippen molar-refractivity contribution in [2.45, 2.75) is 44.2 Å². The van der Waals surface area contributed by atoms with Crippen molar-refractivity contribution < 1.29 is 9.50 Å². The van der Waals surface area contributed by atoms with E-state index in [2.05, 4.69) is 5.10 Å². The maximum atomic E-state index is 13.7. The fourth-order valence-electron chi connectivity index (χ4n) is 2.94. The second-order valence-electron chi connectivity index (χ2n) is 5.61. The van der Waals surface area contributed by atoms with Crippen LogP contribution in [0.5, 0.6) is 0 Å². The zero-order valence-corrected chi connectivity index (χ0v) is 12.4. The predicted molar refractivity (Wildman–Crippen MR) is 79.8 cm³/mol. The van der Waals surface area contributed by atoms with Crippen molar-refractivity contribution in [3.63, 3.8) is 0 Å². The van der Waals surface area contributed by atoms with Crippen molar-refractivity contribution in [1.29, 1.82) is 0 Å². The molecule has 1 heterocycles. The predicted octanol–water partition coefficient (Wildman–Crippen LogP) is 4.07. The van der Waals surface area contributed by atoms with Gasteiger partial charge in [-0.1, -0.05) is 24.4 Å². The molecular weight excluding hydrogens is 291 g/mol. The molecule has 0 aliphatic heterocycles. The van der Waals surface area contributed by atoms with E-state index < -0.39 is 11.9 Å². The summed E-state index contributed by atoms with van der Waals surface area (Å²) in [6.45, 7) is 0. The second-order valence-corrected chi connectivity index (χ2v) is 6.05. The van der Waals surface area contributed by atoms with E-state index in [1.807, 2.05) is 16.9 Å². The van der Waals surface area contributed by atoms with Crippen LogP contribution in [-0.2, 0) is 6.42 Å². The number of aromatic nitrogens is 2. The highest BCUT2D eigenvalue weighted by Gasteiger charge is 2.19. The molecule has 1 saturated carbocycles. The Labute approximate surface area is 128 Å². The number of benzene rings is 1. The summed E-state index contributed by atoms with van der Waals surface area (Å²) in [5.74, 6) is -0.442. The summed E-state index contributed by atoms with van der Waals surface area (Å²) in [7, 11) is 0. The van der Waals surface area contributed by atoms with Crippen LogP contribution in [0.15, 0.2) is 30.5 Å². The van der Waals surface area contributed by atoms with Crippen LogP contribution in [0.2, 0.25) is 5.02 Å². The van der Waals surface area contributed by atoms with Gasteiger partial charge in [0.25, 0.3) is 0 Å². The summed E-state index contributed by atoms with van der Waals surface area (Å²) >= 11 is 5.86. The molecule has 1 fully saturated rings. The third kappa shape index (κ3) is 3.27. The lowest BCUT2D eigenvalue weighted by Crippen LogP contribution is -2.08. The number of halogens is 2. The van der Waals surface area contributed by atoms with Gasteiger partial charge in [0.1, 0.15) is 5.82 Å². The molecule has 3 nitrogen and oxygen atoms in total. The molecule has 3 rings (SSSR count). The van der Waals surface area contributed by atoms with E-state index in [0.717, 1.165) is 18.5 Å². The number of aliphatic hydroxyl groups is 1. The van der Waals surface area contributed by atoms with Gasteiger partial charge >= 0.3 is 0 Å². The minimum Gasteiger partial charge on any atom is -0.388 e. The van der Waals surface area contributed by atoms with Gasteiger partial charge in [0.2, 0.25) is 0 Å². The zero-order valence-electron chi connectivity index (χ0n) is 11.7. The van der Waals surface area contributed by atoms with Gasteiger partial charge in [0.05, 0.1) is 17.8 Å². The molecule has 1 aromatic carbocycles. The molecule has 1 aliphatic carbocycles. The Morgan fingerprint density at radius 3 is 2.86 bits per heavy atom. The summed E-state index contributed by atoms with van der Waals surface area (Å²) in [5, 5.41) is 15.1. The van der Waals surface area contributed by atoms with Crippen LogP contribution in [-0.4, -0.2) is 14.9 Å². The van der Waals surface area contributed by atoms with E-state index in [4.69, 9.17) is 11.6 Å². The molecule has 112 valence electrons.